The minimum atomic E-state index is -4.70. The number of ether oxygens (including phenoxy) is 2. The fourth-order valence-electron chi connectivity index (χ4n) is 2.27. The Balaban J connectivity index is 1.63. The Morgan fingerprint density at radius 3 is 2.37 bits per heavy atom. The first kappa shape index (κ1) is 21.0. The largest absolute Gasteiger partial charge is 0.573 e. The van der Waals surface area contributed by atoms with E-state index in [1.54, 1.807) is 0 Å². The highest BCUT2D eigenvalue weighted by Gasteiger charge is 2.30. The Morgan fingerprint density at radius 1 is 1.07 bits per heavy atom. The van der Waals surface area contributed by atoms with E-state index < -0.39 is 6.36 Å². The van der Waals surface area contributed by atoms with Crippen molar-refractivity contribution >= 4 is 23.0 Å². The summed E-state index contributed by atoms with van der Waals surface area (Å²) in [6.45, 7) is 3.19. The highest BCUT2D eigenvalue weighted by molar-refractivity contribution is 7.80. The van der Waals surface area contributed by atoms with Gasteiger partial charge in [-0.1, -0.05) is 30.3 Å². The molecule has 0 radical (unpaired) electrons. The van der Waals surface area contributed by atoms with Gasteiger partial charge in [0, 0.05) is 18.8 Å². The molecule has 0 heterocycles. The van der Waals surface area contributed by atoms with Crippen molar-refractivity contribution in [2.45, 2.75) is 25.8 Å². The molecule has 0 aliphatic heterocycles. The highest BCUT2D eigenvalue weighted by Crippen LogP contribution is 2.23. The van der Waals surface area contributed by atoms with Gasteiger partial charge in [-0.3, -0.25) is 0 Å². The van der Waals surface area contributed by atoms with Crippen LogP contribution in [0.5, 0.6) is 5.75 Å². The van der Waals surface area contributed by atoms with Gasteiger partial charge in [-0.05, 0) is 55.4 Å². The van der Waals surface area contributed by atoms with E-state index in [2.05, 4.69) is 15.4 Å². The molecule has 0 fully saturated rings. The van der Waals surface area contributed by atoms with Crippen LogP contribution in [0, 0.1) is 0 Å². The van der Waals surface area contributed by atoms with Gasteiger partial charge < -0.3 is 20.1 Å². The summed E-state index contributed by atoms with van der Waals surface area (Å²) < 4.78 is 46.0. The molecule has 0 aliphatic rings. The van der Waals surface area contributed by atoms with Gasteiger partial charge in [0.15, 0.2) is 5.11 Å². The number of hydrogen-bond donors (Lipinski definition) is 2. The van der Waals surface area contributed by atoms with Crippen LogP contribution in [0.3, 0.4) is 0 Å². The Kier molecular flexibility index (Phi) is 7.87. The van der Waals surface area contributed by atoms with E-state index in [-0.39, 0.29) is 11.9 Å². The lowest BCUT2D eigenvalue weighted by Crippen LogP contribution is -2.29. The van der Waals surface area contributed by atoms with Gasteiger partial charge in [0.2, 0.25) is 0 Å². The summed E-state index contributed by atoms with van der Waals surface area (Å²) in [6.07, 6.45) is -3.92. The molecule has 0 aromatic heterocycles. The van der Waals surface area contributed by atoms with E-state index in [1.807, 2.05) is 37.3 Å². The van der Waals surface area contributed by atoms with Crippen molar-refractivity contribution in [2.75, 3.05) is 18.5 Å². The first-order valence-electron chi connectivity index (χ1n) is 8.41. The average molecular weight is 398 g/mol. The van der Waals surface area contributed by atoms with Crippen LogP contribution in [-0.2, 0) is 4.74 Å². The predicted molar refractivity (Wildman–Crippen MR) is 103 cm³/mol. The van der Waals surface area contributed by atoms with Crippen molar-refractivity contribution in [3.63, 3.8) is 0 Å². The monoisotopic (exact) mass is 398 g/mol. The second-order valence-electron chi connectivity index (χ2n) is 5.73. The van der Waals surface area contributed by atoms with Gasteiger partial charge in [0.1, 0.15) is 5.75 Å². The third-order valence-electron chi connectivity index (χ3n) is 3.59. The van der Waals surface area contributed by atoms with Crippen LogP contribution in [-0.4, -0.2) is 24.6 Å². The van der Waals surface area contributed by atoms with Crippen LogP contribution < -0.4 is 15.4 Å². The number of benzene rings is 2. The molecule has 0 spiro atoms. The maximum atomic E-state index is 12.1. The standard InChI is InChI=1S/C19H21F3N2O2S/c1-14(15-6-3-2-4-7-15)25-13-5-12-23-18(27)24-16-8-10-17(11-9-16)26-19(20,21)22/h2-4,6-11,14H,5,12-13H2,1H3,(H2,23,24,27)/t14-/m1/s1. The lowest BCUT2D eigenvalue weighted by atomic mass is 10.1. The zero-order valence-electron chi connectivity index (χ0n) is 14.8. The summed E-state index contributed by atoms with van der Waals surface area (Å²) in [7, 11) is 0. The van der Waals surface area contributed by atoms with Crippen LogP contribution in [0.4, 0.5) is 18.9 Å². The molecule has 27 heavy (non-hydrogen) atoms. The molecule has 0 amide bonds. The second-order valence-corrected chi connectivity index (χ2v) is 6.14. The summed E-state index contributed by atoms with van der Waals surface area (Å²) >= 11 is 5.16. The normalized spacial score (nSPS) is 12.3. The summed E-state index contributed by atoms with van der Waals surface area (Å²) in [5.74, 6) is -0.281. The Hall–Kier alpha value is -2.32. The molecular formula is C19H21F3N2O2S. The molecule has 0 unspecified atom stereocenters. The van der Waals surface area contributed by atoms with Crippen molar-refractivity contribution in [3.05, 3.63) is 60.2 Å². The molecule has 0 saturated heterocycles. The molecule has 0 bridgehead atoms. The fourth-order valence-corrected chi connectivity index (χ4v) is 2.49. The zero-order chi connectivity index (χ0) is 19.7. The fraction of sp³-hybridized carbons (Fsp3) is 0.316. The van der Waals surface area contributed by atoms with Gasteiger partial charge in [-0.25, -0.2) is 0 Å². The lowest BCUT2D eigenvalue weighted by Gasteiger charge is -2.14. The number of anilines is 1. The van der Waals surface area contributed by atoms with Crippen molar-refractivity contribution < 1.29 is 22.6 Å². The van der Waals surface area contributed by atoms with Gasteiger partial charge in [-0.15, -0.1) is 13.2 Å². The SMILES string of the molecule is C[C@@H](OCCCNC(=S)Nc1ccc(OC(F)(F)F)cc1)c1ccccc1. The first-order chi connectivity index (χ1) is 12.8. The first-order valence-corrected chi connectivity index (χ1v) is 8.81. The summed E-state index contributed by atoms with van der Waals surface area (Å²) in [5, 5.41) is 6.31. The summed E-state index contributed by atoms with van der Waals surface area (Å²) in [6, 6.07) is 15.3. The van der Waals surface area contributed by atoms with E-state index in [0.717, 1.165) is 12.0 Å². The van der Waals surface area contributed by atoms with E-state index in [4.69, 9.17) is 17.0 Å². The van der Waals surface area contributed by atoms with Crippen LogP contribution in [0.1, 0.15) is 25.0 Å². The van der Waals surface area contributed by atoms with Crippen molar-refractivity contribution in [3.8, 4) is 5.75 Å². The maximum Gasteiger partial charge on any atom is 0.573 e. The van der Waals surface area contributed by atoms with Gasteiger partial charge in [0.25, 0.3) is 0 Å². The molecular weight excluding hydrogens is 377 g/mol. The molecule has 2 N–H and O–H groups in total. The van der Waals surface area contributed by atoms with Crippen LogP contribution in [0.2, 0.25) is 0 Å². The Bertz CT molecular complexity index is 709. The number of hydrogen-bond acceptors (Lipinski definition) is 3. The second kappa shape index (κ2) is 10.1. The van der Waals surface area contributed by atoms with Gasteiger partial charge >= 0.3 is 6.36 Å². The zero-order valence-corrected chi connectivity index (χ0v) is 15.6. The molecule has 2 rings (SSSR count). The Labute approximate surface area is 161 Å². The number of alkyl halides is 3. The number of halogens is 3. The van der Waals surface area contributed by atoms with E-state index >= 15 is 0 Å². The van der Waals surface area contributed by atoms with Gasteiger partial charge in [-0.2, -0.15) is 0 Å². The van der Waals surface area contributed by atoms with E-state index in [0.29, 0.717) is 24.0 Å². The quantitative estimate of drug-likeness (QED) is 0.482. The predicted octanol–water partition coefficient (Wildman–Crippen LogP) is 5.04. The van der Waals surface area contributed by atoms with Crippen LogP contribution in [0.15, 0.2) is 54.6 Å². The number of rotatable bonds is 8. The maximum absolute atomic E-state index is 12.1. The van der Waals surface area contributed by atoms with Crippen LogP contribution in [0.25, 0.3) is 0 Å². The molecule has 2 aromatic carbocycles. The topological polar surface area (TPSA) is 42.5 Å². The molecule has 0 saturated carbocycles. The summed E-state index contributed by atoms with van der Waals surface area (Å²) in [5.41, 5.74) is 1.69. The average Bonchev–Trinajstić information content (AvgIpc) is 2.62. The van der Waals surface area contributed by atoms with Crippen molar-refractivity contribution in [1.29, 1.82) is 0 Å². The van der Waals surface area contributed by atoms with E-state index in [1.165, 1.54) is 24.3 Å². The highest BCUT2D eigenvalue weighted by atomic mass is 32.1. The van der Waals surface area contributed by atoms with E-state index in [9.17, 15) is 13.2 Å². The smallest absolute Gasteiger partial charge is 0.406 e. The molecule has 1 atom stereocenters. The van der Waals surface area contributed by atoms with Crippen molar-refractivity contribution in [1.82, 2.24) is 5.32 Å². The molecule has 4 nitrogen and oxygen atoms in total. The van der Waals surface area contributed by atoms with Gasteiger partial charge in [0.05, 0.1) is 6.10 Å². The minimum Gasteiger partial charge on any atom is -0.406 e. The minimum absolute atomic E-state index is 0.0220. The molecule has 2 aromatic rings. The Morgan fingerprint density at radius 2 is 1.74 bits per heavy atom. The number of thiocarbonyl (C=S) groups is 1. The molecule has 0 aliphatic carbocycles. The molecule has 146 valence electrons. The third kappa shape index (κ3) is 8.27. The lowest BCUT2D eigenvalue weighted by molar-refractivity contribution is -0.274. The number of nitrogens with one attached hydrogen (secondary N) is 2. The molecule has 8 heteroatoms. The van der Waals surface area contributed by atoms with Crippen LogP contribution >= 0.6 is 12.2 Å². The third-order valence-corrected chi connectivity index (χ3v) is 3.84. The summed E-state index contributed by atoms with van der Waals surface area (Å²) in [4.78, 5) is 0. The van der Waals surface area contributed by atoms with Crippen molar-refractivity contribution in [2.24, 2.45) is 0 Å².